The van der Waals surface area contributed by atoms with E-state index in [-0.39, 0.29) is 19.0 Å². The molecule has 3 atom stereocenters. The number of ether oxygens (including phenoxy) is 1. The average molecular weight is 570 g/mol. The summed E-state index contributed by atoms with van der Waals surface area (Å²) in [5.41, 5.74) is 0.510. The largest absolute Gasteiger partial charge is 0.372 e. The molecule has 0 bridgehead atoms. The van der Waals surface area contributed by atoms with Gasteiger partial charge in [0.05, 0.1) is 34.5 Å². The summed E-state index contributed by atoms with van der Waals surface area (Å²) in [5.74, 6) is -1.39. The van der Waals surface area contributed by atoms with Gasteiger partial charge in [-0.05, 0) is 29.8 Å². The number of halogens is 2. The number of barbiturate groups is 1. The van der Waals surface area contributed by atoms with Gasteiger partial charge in [-0.1, -0.05) is 16.8 Å². The van der Waals surface area contributed by atoms with Crippen LogP contribution in [0.2, 0.25) is 5.02 Å². The second kappa shape index (κ2) is 7.44. The summed E-state index contributed by atoms with van der Waals surface area (Å²) >= 11 is 11.6. The minimum Gasteiger partial charge on any atom is -0.372 e. The lowest BCUT2D eigenvalue weighted by atomic mass is 9.67. The fourth-order valence-electron chi connectivity index (χ4n) is 5.28. The molecule has 6 heterocycles. The molecule has 3 aromatic rings. The molecule has 3 aromatic heterocycles. The molecule has 34 heavy (non-hydrogen) atoms. The molecule has 0 aromatic carbocycles. The molecule has 2 fully saturated rings. The van der Waals surface area contributed by atoms with Gasteiger partial charge in [0, 0.05) is 20.6 Å². The van der Waals surface area contributed by atoms with Crippen LogP contribution in [-0.4, -0.2) is 57.8 Å². The molecular formula is C20H18BrClN6O5S. The third-order valence-corrected chi connectivity index (χ3v) is 8.32. The van der Waals surface area contributed by atoms with E-state index in [2.05, 4.69) is 36.7 Å². The molecule has 14 heteroatoms. The van der Waals surface area contributed by atoms with Crippen molar-refractivity contribution in [3.8, 4) is 10.6 Å². The Labute approximate surface area is 210 Å². The quantitative estimate of drug-likeness (QED) is 0.423. The molecule has 3 aliphatic rings. The highest BCUT2D eigenvalue weighted by Crippen LogP contribution is 2.50. The lowest BCUT2D eigenvalue weighted by molar-refractivity contribution is -0.153. The van der Waals surface area contributed by atoms with Crippen molar-refractivity contribution in [2.24, 2.45) is 5.41 Å². The van der Waals surface area contributed by atoms with Crippen LogP contribution in [0.3, 0.4) is 0 Å². The Morgan fingerprint density at radius 1 is 1.29 bits per heavy atom. The van der Waals surface area contributed by atoms with E-state index in [0.29, 0.717) is 43.5 Å². The fraction of sp³-hybridized carbons (Fsp3) is 0.400. The molecule has 1 spiro atoms. The van der Waals surface area contributed by atoms with Crippen molar-refractivity contribution in [1.29, 1.82) is 0 Å². The Balaban J connectivity index is 0.00000253. The Hall–Kier alpha value is -2.61. The number of fused-ring (bicyclic) bond motifs is 5. The van der Waals surface area contributed by atoms with Gasteiger partial charge in [-0.3, -0.25) is 20.2 Å². The number of rotatable bonds is 1. The van der Waals surface area contributed by atoms with E-state index in [9.17, 15) is 14.4 Å². The number of hydrogen-bond acceptors (Lipinski definition) is 10. The zero-order valence-electron chi connectivity index (χ0n) is 17.7. The maximum Gasteiger partial charge on any atom is 0.328 e. The topological polar surface area (TPSA) is 140 Å². The highest BCUT2D eigenvalue weighted by molar-refractivity contribution is 9.11. The number of thiazole rings is 1. The van der Waals surface area contributed by atoms with Crippen LogP contribution >= 0.6 is 38.9 Å². The van der Waals surface area contributed by atoms with Crippen molar-refractivity contribution < 1.29 is 25.1 Å². The van der Waals surface area contributed by atoms with Gasteiger partial charge in [0.15, 0.2) is 15.0 Å². The number of amides is 4. The van der Waals surface area contributed by atoms with E-state index in [1.165, 1.54) is 11.3 Å². The van der Waals surface area contributed by atoms with Gasteiger partial charge < -0.3 is 14.2 Å². The third-order valence-electron chi connectivity index (χ3n) is 6.49. The monoisotopic (exact) mass is 568 g/mol. The maximum absolute atomic E-state index is 13.3. The molecule has 4 amide bonds. The molecule has 0 radical (unpaired) electrons. The van der Waals surface area contributed by atoms with Gasteiger partial charge in [0.25, 0.3) is 0 Å². The Morgan fingerprint density at radius 3 is 2.71 bits per heavy atom. The maximum atomic E-state index is 13.3. The predicted octanol–water partition coefficient (Wildman–Crippen LogP) is 2.90. The van der Waals surface area contributed by atoms with E-state index in [1.54, 1.807) is 13.1 Å². The van der Waals surface area contributed by atoms with E-state index in [1.807, 2.05) is 11.8 Å². The second-order valence-electron chi connectivity index (χ2n) is 8.54. The van der Waals surface area contributed by atoms with Crippen LogP contribution < -0.4 is 15.5 Å². The van der Waals surface area contributed by atoms with Crippen LogP contribution in [0.25, 0.3) is 21.7 Å². The zero-order valence-corrected chi connectivity index (χ0v) is 20.9. The summed E-state index contributed by atoms with van der Waals surface area (Å²) in [4.78, 5) is 50.0. The Morgan fingerprint density at radius 2 is 2.03 bits per heavy atom. The van der Waals surface area contributed by atoms with Gasteiger partial charge in [-0.2, -0.15) is 0 Å². The first-order valence-electron chi connectivity index (χ1n) is 10.4. The number of imide groups is 2. The molecule has 2 N–H and O–H groups in total. The highest BCUT2D eigenvalue weighted by atomic mass is 79.9. The van der Waals surface area contributed by atoms with Crippen molar-refractivity contribution in [2.75, 3.05) is 11.4 Å². The number of nitrogens with one attached hydrogen (secondary N) is 2. The number of urea groups is 1. The molecule has 178 valence electrons. The summed E-state index contributed by atoms with van der Waals surface area (Å²) in [7, 11) is 0. The zero-order chi connectivity index (χ0) is 23.9. The lowest BCUT2D eigenvalue weighted by Crippen LogP contribution is -2.75. The highest BCUT2D eigenvalue weighted by Gasteiger charge is 2.63. The van der Waals surface area contributed by atoms with Gasteiger partial charge in [0.1, 0.15) is 10.5 Å². The average Bonchev–Trinajstić information content (AvgIpc) is 3.37. The smallest absolute Gasteiger partial charge is 0.328 e. The van der Waals surface area contributed by atoms with Crippen molar-refractivity contribution in [2.45, 2.75) is 38.5 Å². The fourth-order valence-corrected chi connectivity index (χ4v) is 6.87. The Kier molecular flexibility index (Phi) is 4.79. The van der Waals surface area contributed by atoms with Gasteiger partial charge in [0.2, 0.25) is 17.4 Å². The number of anilines is 1. The van der Waals surface area contributed by atoms with Crippen LogP contribution in [0.1, 0.15) is 21.0 Å². The van der Waals surface area contributed by atoms with E-state index in [4.69, 9.17) is 25.8 Å². The normalized spacial score (nSPS) is 25.8. The Bertz CT molecular complexity index is 1390. The molecule has 0 unspecified atom stereocenters. The second-order valence-corrected chi connectivity index (χ2v) is 11.2. The standard InChI is InChI=1S/C20H16BrClN6O5S.H2/c1-6-5-28-13-8(3-20(15(28)7(2)32-6)16(29)25-19(31)26-17(20)30)24-12-11(9-4-23-18(21)34-9)27-33-14(12)10(13)22;/h4,6-7,15H,3,5H2,1-2H3,(H2,25,26,29,30,31);1H/t6-,7+,15-;/m1./s1. The van der Waals surface area contributed by atoms with Gasteiger partial charge in [-0.15, -0.1) is 11.3 Å². The molecule has 11 nitrogen and oxygen atoms in total. The summed E-state index contributed by atoms with van der Waals surface area (Å²) in [5, 5.41) is 8.97. The van der Waals surface area contributed by atoms with E-state index < -0.39 is 35.4 Å². The number of aromatic nitrogens is 3. The number of carbonyl (C=O) groups excluding carboxylic acids is 3. The van der Waals surface area contributed by atoms with E-state index >= 15 is 0 Å². The van der Waals surface area contributed by atoms with Gasteiger partial charge >= 0.3 is 6.03 Å². The number of pyridine rings is 1. The van der Waals surface area contributed by atoms with Crippen LogP contribution in [0.15, 0.2) is 14.6 Å². The third kappa shape index (κ3) is 2.90. The molecule has 2 saturated heterocycles. The van der Waals surface area contributed by atoms with E-state index in [0.717, 1.165) is 0 Å². The molecule has 6 rings (SSSR count). The van der Waals surface area contributed by atoms with Crippen LogP contribution in [0.5, 0.6) is 0 Å². The number of hydrogen-bond donors (Lipinski definition) is 2. The summed E-state index contributed by atoms with van der Waals surface area (Å²) in [6.07, 6.45) is 0.825. The molecule has 0 saturated carbocycles. The summed E-state index contributed by atoms with van der Waals surface area (Å²) < 4.78 is 12.3. The van der Waals surface area contributed by atoms with Crippen molar-refractivity contribution in [3.63, 3.8) is 0 Å². The van der Waals surface area contributed by atoms with Crippen LogP contribution in [0, 0.1) is 5.41 Å². The van der Waals surface area contributed by atoms with Crippen LogP contribution in [0.4, 0.5) is 10.5 Å². The molecular weight excluding hydrogens is 552 g/mol. The molecule has 3 aliphatic heterocycles. The number of carbonyl (C=O) groups is 3. The van der Waals surface area contributed by atoms with Crippen molar-refractivity contribution in [1.82, 2.24) is 25.8 Å². The van der Waals surface area contributed by atoms with Crippen molar-refractivity contribution >= 4 is 73.5 Å². The van der Waals surface area contributed by atoms with Gasteiger partial charge in [-0.25, -0.2) is 14.8 Å². The first-order chi connectivity index (χ1) is 16.2. The predicted molar refractivity (Wildman–Crippen MR) is 127 cm³/mol. The lowest BCUT2D eigenvalue weighted by Gasteiger charge is -2.55. The number of nitrogens with zero attached hydrogens (tertiary/aromatic N) is 4. The minimum absolute atomic E-state index is 0. The van der Waals surface area contributed by atoms with Crippen molar-refractivity contribution in [3.05, 3.63) is 20.8 Å². The summed E-state index contributed by atoms with van der Waals surface area (Å²) in [6.45, 7) is 4.05. The summed E-state index contributed by atoms with van der Waals surface area (Å²) in [6, 6.07) is -1.57. The number of morpholine rings is 1. The molecule has 0 aliphatic carbocycles. The SMILES string of the molecule is C[C@@H]1CN2c3c(nc4c(-c5cnc(Br)s5)noc4c3Cl)CC3(C(=O)NC(=O)NC3=O)[C@H]2[C@H](C)O1.[HH]. The minimum atomic E-state index is -1.64. The first kappa shape index (κ1) is 21.9. The van der Waals surface area contributed by atoms with Crippen LogP contribution in [-0.2, 0) is 20.7 Å². The first-order valence-corrected chi connectivity index (χ1v) is 12.4.